The number of benzene rings is 3. The van der Waals surface area contributed by atoms with Crippen molar-refractivity contribution in [2.45, 2.75) is 14.0 Å². The molecule has 0 aliphatic rings. The van der Waals surface area contributed by atoms with Crippen molar-refractivity contribution in [3.05, 3.63) is 94.6 Å². The lowest BCUT2D eigenvalue weighted by Crippen LogP contribution is -2.02. The first-order valence-corrected chi connectivity index (χ1v) is 8.92. The molecule has 0 saturated carbocycles. The minimum atomic E-state index is -0.817. The molecule has 3 aromatic rings. The lowest BCUT2D eigenvalue weighted by molar-refractivity contribution is 0.404. The van der Waals surface area contributed by atoms with Crippen molar-refractivity contribution < 1.29 is 27.0 Å². The van der Waals surface area contributed by atoms with Crippen molar-refractivity contribution in [3.63, 3.8) is 0 Å². The number of hydrogen-bond donors (Lipinski definition) is 1. The molecule has 9 heteroatoms. The maximum absolute atomic E-state index is 12.9. The third-order valence-electron chi connectivity index (χ3n) is 3.88. The predicted octanol–water partition coefficient (Wildman–Crippen LogP) is 5.47. The van der Waals surface area contributed by atoms with Gasteiger partial charge in [0, 0.05) is 12.1 Å². The quantitative estimate of drug-likeness (QED) is 0.522. The van der Waals surface area contributed by atoms with E-state index in [0.717, 1.165) is 12.1 Å². The monoisotopic (exact) mass is 461 g/mol. The molecule has 2 N–H and O–H groups in total. The third-order valence-corrected chi connectivity index (χ3v) is 3.88. The number of methoxy groups -OCH3 is 2. The molecule has 174 valence electrons. The number of halogens is 4. The van der Waals surface area contributed by atoms with Gasteiger partial charge in [0.1, 0.15) is 58.0 Å². The van der Waals surface area contributed by atoms with Crippen LogP contribution in [-0.4, -0.2) is 14.2 Å². The molecule has 0 aromatic heterocycles. The molecule has 0 radical (unpaired) electrons. The molecule has 0 aliphatic carbocycles. The number of rotatable bonds is 3. The molecule has 5 nitrogen and oxygen atoms in total. The van der Waals surface area contributed by atoms with E-state index in [1.807, 2.05) is 0 Å². The van der Waals surface area contributed by atoms with Crippen molar-refractivity contribution in [1.29, 1.82) is 10.5 Å². The van der Waals surface area contributed by atoms with Crippen LogP contribution in [0.25, 0.3) is 0 Å². The van der Waals surface area contributed by atoms with E-state index in [9.17, 15) is 17.6 Å². The largest absolute Gasteiger partial charge is 0.496 e. The van der Waals surface area contributed by atoms with E-state index in [4.69, 9.17) is 25.7 Å². The van der Waals surface area contributed by atoms with Gasteiger partial charge in [-0.1, -0.05) is 25.6 Å². The Hall–Kier alpha value is -4.08. The zero-order valence-electron chi connectivity index (χ0n) is 17.2. The van der Waals surface area contributed by atoms with Gasteiger partial charge in [-0.15, -0.1) is 0 Å². The Morgan fingerprint density at radius 1 is 0.697 bits per heavy atom. The highest BCUT2D eigenvalue weighted by atomic mass is 19.1. The standard InChI is InChI=1S/C8H10FNO.C8H6FNO.C7H3F2N.CH4/c2*1-11-8-4-2-3-7(9)6(8)5-10;8-6-2-1-3-7(9)5(6)4-10;/h2-4H,5,10H2,1H3;2-4H,1H3;1-3H;1H4. The average molecular weight is 461 g/mol. The summed E-state index contributed by atoms with van der Waals surface area (Å²) in [4.78, 5) is 0. The van der Waals surface area contributed by atoms with Gasteiger partial charge >= 0.3 is 0 Å². The Morgan fingerprint density at radius 2 is 1.09 bits per heavy atom. The van der Waals surface area contributed by atoms with Crippen LogP contribution < -0.4 is 15.2 Å². The molecular weight excluding hydrogens is 438 g/mol. The Labute approximate surface area is 190 Å². The molecule has 33 heavy (non-hydrogen) atoms. The summed E-state index contributed by atoms with van der Waals surface area (Å²) < 4.78 is 60.0. The smallest absolute Gasteiger partial charge is 0.144 e. The number of hydrogen-bond acceptors (Lipinski definition) is 5. The molecule has 3 rings (SSSR count). The van der Waals surface area contributed by atoms with Crippen LogP contribution in [0.4, 0.5) is 17.6 Å². The van der Waals surface area contributed by atoms with Crippen molar-refractivity contribution in [1.82, 2.24) is 0 Å². The SMILES string of the molecule is C.COc1cccc(F)c1C#N.COc1cccc(F)c1CN.N#Cc1c(F)cccc1F. The zero-order chi connectivity index (χ0) is 24.1. The predicted molar refractivity (Wildman–Crippen MR) is 116 cm³/mol. The molecule has 0 fully saturated rings. The molecule has 0 spiro atoms. The van der Waals surface area contributed by atoms with Gasteiger partial charge in [0.05, 0.1) is 14.2 Å². The average Bonchev–Trinajstić information content (AvgIpc) is 2.79. The zero-order valence-corrected chi connectivity index (χ0v) is 17.2. The van der Waals surface area contributed by atoms with Crippen molar-refractivity contribution in [3.8, 4) is 23.6 Å². The van der Waals surface area contributed by atoms with Gasteiger partial charge in [0.2, 0.25) is 0 Å². The third kappa shape index (κ3) is 8.17. The van der Waals surface area contributed by atoms with Crippen molar-refractivity contribution >= 4 is 0 Å². The van der Waals surface area contributed by atoms with Crippen LogP contribution in [-0.2, 0) is 6.54 Å². The van der Waals surface area contributed by atoms with Gasteiger partial charge < -0.3 is 15.2 Å². The van der Waals surface area contributed by atoms with E-state index in [-0.39, 0.29) is 31.1 Å². The van der Waals surface area contributed by atoms with E-state index >= 15 is 0 Å². The van der Waals surface area contributed by atoms with Crippen LogP contribution in [0.5, 0.6) is 11.5 Å². The molecule has 0 atom stereocenters. The summed E-state index contributed by atoms with van der Waals surface area (Å²) in [5, 5.41) is 16.6. The Morgan fingerprint density at radius 3 is 1.42 bits per heavy atom. The first-order valence-electron chi connectivity index (χ1n) is 8.92. The molecule has 0 saturated heterocycles. The van der Waals surface area contributed by atoms with Gasteiger partial charge in [0.25, 0.3) is 0 Å². The van der Waals surface area contributed by atoms with Gasteiger partial charge in [-0.05, 0) is 36.4 Å². The van der Waals surface area contributed by atoms with Crippen LogP contribution in [0.3, 0.4) is 0 Å². The van der Waals surface area contributed by atoms with E-state index in [1.54, 1.807) is 24.3 Å². The first kappa shape index (κ1) is 28.9. The summed E-state index contributed by atoms with van der Waals surface area (Å²) in [7, 11) is 2.89. The number of ether oxygens (including phenoxy) is 2. The van der Waals surface area contributed by atoms with E-state index in [2.05, 4.69) is 0 Å². The van der Waals surface area contributed by atoms with Gasteiger partial charge in [0.15, 0.2) is 0 Å². The second-order valence-electron chi connectivity index (χ2n) is 5.76. The van der Waals surface area contributed by atoms with Crippen LogP contribution in [0.2, 0.25) is 0 Å². The highest BCUT2D eigenvalue weighted by Crippen LogP contribution is 2.20. The fourth-order valence-electron chi connectivity index (χ4n) is 2.32. The van der Waals surface area contributed by atoms with Crippen LogP contribution in [0.1, 0.15) is 24.1 Å². The second kappa shape index (κ2) is 14.8. The summed E-state index contributed by atoms with van der Waals surface area (Å²) >= 11 is 0. The molecule has 0 bridgehead atoms. The van der Waals surface area contributed by atoms with Crippen LogP contribution >= 0.6 is 0 Å². The van der Waals surface area contributed by atoms with E-state index < -0.39 is 23.0 Å². The molecular formula is C24H23F4N3O2. The second-order valence-corrected chi connectivity index (χ2v) is 5.76. The number of nitrogens with two attached hydrogens (primary N) is 1. The lowest BCUT2D eigenvalue weighted by Gasteiger charge is -2.05. The Kier molecular flexibility index (Phi) is 13.0. The van der Waals surface area contributed by atoms with Crippen LogP contribution in [0.15, 0.2) is 54.6 Å². The molecule has 0 heterocycles. The summed E-state index contributed by atoms with van der Waals surface area (Å²) in [6, 6.07) is 15.3. The molecule has 3 aromatic carbocycles. The topological polar surface area (TPSA) is 92.1 Å². The fraction of sp³-hybridized carbons (Fsp3) is 0.167. The number of nitriles is 2. The molecule has 0 unspecified atom stereocenters. The van der Waals surface area contributed by atoms with E-state index in [1.165, 1.54) is 44.6 Å². The Bertz CT molecular complexity index is 1110. The first-order chi connectivity index (χ1) is 15.3. The normalized spacial score (nSPS) is 8.88. The maximum atomic E-state index is 12.9. The molecule has 0 amide bonds. The van der Waals surface area contributed by atoms with Crippen molar-refractivity contribution in [2.24, 2.45) is 5.73 Å². The summed E-state index contributed by atoms with van der Waals surface area (Å²) in [5.41, 5.74) is 5.16. The van der Waals surface area contributed by atoms with Gasteiger partial charge in [-0.25, -0.2) is 17.6 Å². The number of nitrogens with zero attached hydrogens (tertiary/aromatic N) is 2. The fourth-order valence-corrected chi connectivity index (χ4v) is 2.32. The Balaban J connectivity index is 0.000000459. The van der Waals surface area contributed by atoms with Gasteiger partial charge in [-0.2, -0.15) is 10.5 Å². The van der Waals surface area contributed by atoms with Crippen LogP contribution in [0, 0.1) is 45.9 Å². The minimum absolute atomic E-state index is 0. The summed E-state index contributed by atoms with van der Waals surface area (Å²) in [5.74, 6) is -1.72. The van der Waals surface area contributed by atoms with E-state index in [0.29, 0.717) is 11.3 Å². The summed E-state index contributed by atoms with van der Waals surface area (Å²) in [6.45, 7) is 0.163. The maximum Gasteiger partial charge on any atom is 0.144 e. The minimum Gasteiger partial charge on any atom is -0.496 e. The highest BCUT2D eigenvalue weighted by molar-refractivity contribution is 5.43. The lowest BCUT2D eigenvalue weighted by atomic mass is 10.2. The van der Waals surface area contributed by atoms with Crippen molar-refractivity contribution in [2.75, 3.05) is 14.2 Å². The summed E-state index contributed by atoms with van der Waals surface area (Å²) in [6.07, 6.45) is 0. The van der Waals surface area contributed by atoms with Gasteiger partial charge in [-0.3, -0.25) is 0 Å². The highest BCUT2D eigenvalue weighted by Gasteiger charge is 2.07. The molecule has 0 aliphatic heterocycles.